The smallest absolute Gasteiger partial charge is 0.119 e. The van der Waals surface area contributed by atoms with Crippen molar-refractivity contribution < 1.29 is 4.74 Å². The van der Waals surface area contributed by atoms with Crippen molar-refractivity contribution in [3.05, 3.63) is 64.2 Å². The average Bonchev–Trinajstić information content (AvgIpc) is 2.48. The zero-order valence-corrected chi connectivity index (χ0v) is 12.9. The van der Waals surface area contributed by atoms with E-state index < -0.39 is 0 Å². The van der Waals surface area contributed by atoms with E-state index in [1.807, 2.05) is 25.1 Å². The lowest BCUT2D eigenvalue weighted by Crippen LogP contribution is -2.22. The molecule has 0 aliphatic heterocycles. The third-order valence-electron chi connectivity index (χ3n) is 3.36. The molecule has 2 rings (SSSR count). The van der Waals surface area contributed by atoms with Crippen molar-refractivity contribution >= 4 is 11.6 Å². The van der Waals surface area contributed by atoms with Gasteiger partial charge >= 0.3 is 0 Å². The Labute approximate surface area is 125 Å². The van der Waals surface area contributed by atoms with Crippen LogP contribution in [0.15, 0.2) is 42.5 Å². The Balaban J connectivity index is 2.41. The maximum Gasteiger partial charge on any atom is 0.119 e. The molecule has 0 aliphatic carbocycles. The van der Waals surface area contributed by atoms with Gasteiger partial charge in [0.2, 0.25) is 0 Å². The van der Waals surface area contributed by atoms with Gasteiger partial charge in [-0.25, -0.2) is 0 Å². The molecule has 1 atom stereocenters. The summed E-state index contributed by atoms with van der Waals surface area (Å²) < 4.78 is 5.31. The highest BCUT2D eigenvalue weighted by Crippen LogP contribution is 2.28. The second-order valence-corrected chi connectivity index (χ2v) is 5.18. The number of rotatable bonds is 5. The molecule has 2 aromatic carbocycles. The SMILES string of the molecule is CCNC(c1cccc(OC)c1)c1ccc(C)c(Cl)c1. The lowest BCUT2D eigenvalue weighted by molar-refractivity contribution is 0.413. The van der Waals surface area contributed by atoms with E-state index in [-0.39, 0.29) is 6.04 Å². The third-order valence-corrected chi connectivity index (χ3v) is 3.77. The molecule has 0 amide bonds. The molecule has 106 valence electrons. The van der Waals surface area contributed by atoms with Crippen molar-refractivity contribution in [1.82, 2.24) is 5.32 Å². The Hall–Kier alpha value is -1.51. The topological polar surface area (TPSA) is 21.3 Å². The van der Waals surface area contributed by atoms with Gasteiger partial charge in [0.05, 0.1) is 13.2 Å². The lowest BCUT2D eigenvalue weighted by atomic mass is 9.97. The van der Waals surface area contributed by atoms with Gasteiger partial charge < -0.3 is 10.1 Å². The van der Waals surface area contributed by atoms with Crippen LogP contribution in [0.3, 0.4) is 0 Å². The van der Waals surface area contributed by atoms with E-state index in [4.69, 9.17) is 16.3 Å². The van der Waals surface area contributed by atoms with Gasteiger partial charge in [-0.2, -0.15) is 0 Å². The Bertz CT molecular complexity index is 583. The molecule has 0 saturated carbocycles. The summed E-state index contributed by atoms with van der Waals surface area (Å²) in [6.45, 7) is 5.00. The summed E-state index contributed by atoms with van der Waals surface area (Å²) in [5.41, 5.74) is 3.43. The predicted molar refractivity (Wildman–Crippen MR) is 84.7 cm³/mol. The van der Waals surface area contributed by atoms with E-state index in [0.717, 1.165) is 28.4 Å². The first kappa shape index (κ1) is 14.9. The van der Waals surface area contributed by atoms with Gasteiger partial charge in [-0.05, 0) is 48.4 Å². The van der Waals surface area contributed by atoms with Gasteiger partial charge in [-0.15, -0.1) is 0 Å². The van der Waals surface area contributed by atoms with Crippen LogP contribution in [0.25, 0.3) is 0 Å². The molecule has 1 N–H and O–H groups in total. The second kappa shape index (κ2) is 6.78. The number of hydrogen-bond donors (Lipinski definition) is 1. The van der Waals surface area contributed by atoms with Crippen molar-refractivity contribution in [3.63, 3.8) is 0 Å². The van der Waals surface area contributed by atoms with Crippen LogP contribution < -0.4 is 10.1 Å². The summed E-state index contributed by atoms with van der Waals surface area (Å²) in [4.78, 5) is 0. The molecule has 2 nitrogen and oxygen atoms in total. The van der Waals surface area contributed by atoms with Crippen LogP contribution in [0.1, 0.15) is 29.7 Å². The third kappa shape index (κ3) is 3.33. The Morgan fingerprint density at radius 1 is 1.15 bits per heavy atom. The van der Waals surface area contributed by atoms with E-state index >= 15 is 0 Å². The minimum atomic E-state index is 0.119. The first-order chi connectivity index (χ1) is 9.65. The number of aryl methyl sites for hydroxylation is 1. The minimum Gasteiger partial charge on any atom is -0.497 e. The standard InChI is InChI=1S/C17H20ClNO/c1-4-19-17(13-6-5-7-15(10-13)20-3)14-9-8-12(2)16(18)11-14/h5-11,17,19H,4H2,1-3H3. The summed E-state index contributed by atoms with van der Waals surface area (Å²) in [7, 11) is 1.68. The summed E-state index contributed by atoms with van der Waals surface area (Å²) in [5, 5.41) is 4.30. The van der Waals surface area contributed by atoms with E-state index in [9.17, 15) is 0 Å². The quantitative estimate of drug-likeness (QED) is 0.883. The van der Waals surface area contributed by atoms with Crippen LogP contribution in [0, 0.1) is 6.92 Å². The number of methoxy groups -OCH3 is 1. The number of benzene rings is 2. The highest BCUT2D eigenvalue weighted by atomic mass is 35.5. The first-order valence-electron chi connectivity index (χ1n) is 6.79. The highest BCUT2D eigenvalue weighted by molar-refractivity contribution is 6.31. The Morgan fingerprint density at radius 2 is 1.90 bits per heavy atom. The molecule has 20 heavy (non-hydrogen) atoms. The van der Waals surface area contributed by atoms with Crippen LogP contribution in [0.5, 0.6) is 5.75 Å². The lowest BCUT2D eigenvalue weighted by Gasteiger charge is -2.20. The summed E-state index contributed by atoms with van der Waals surface area (Å²) >= 11 is 6.25. The maximum atomic E-state index is 6.25. The normalized spacial score (nSPS) is 12.2. The Morgan fingerprint density at radius 3 is 2.55 bits per heavy atom. The molecule has 0 bridgehead atoms. The molecule has 2 aromatic rings. The van der Waals surface area contributed by atoms with E-state index in [2.05, 4.69) is 36.5 Å². The number of nitrogens with one attached hydrogen (secondary N) is 1. The van der Waals surface area contributed by atoms with Crippen molar-refractivity contribution in [2.24, 2.45) is 0 Å². The van der Waals surface area contributed by atoms with Gasteiger partial charge in [0.1, 0.15) is 5.75 Å². The zero-order chi connectivity index (χ0) is 14.5. The molecule has 0 saturated heterocycles. The average molecular weight is 290 g/mol. The first-order valence-corrected chi connectivity index (χ1v) is 7.17. The highest BCUT2D eigenvalue weighted by Gasteiger charge is 2.14. The van der Waals surface area contributed by atoms with Crippen LogP contribution in [0.2, 0.25) is 5.02 Å². The second-order valence-electron chi connectivity index (χ2n) is 4.78. The molecule has 1 unspecified atom stereocenters. The maximum absolute atomic E-state index is 6.25. The van der Waals surface area contributed by atoms with Crippen molar-refractivity contribution in [1.29, 1.82) is 0 Å². The van der Waals surface area contributed by atoms with Gasteiger partial charge in [0.25, 0.3) is 0 Å². The number of hydrogen-bond acceptors (Lipinski definition) is 2. The molecule has 0 aliphatic rings. The fourth-order valence-electron chi connectivity index (χ4n) is 2.24. The molecule has 0 aromatic heterocycles. The van der Waals surface area contributed by atoms with Crippen LogP contribution >= 0.6 is 11.6 Å². The largest absolute Gasteiger partial charge is 0.497 e. The summed E-state index contributed by atoms with van der Waals surface area (Å²) in [5.74, 6) is 0.864. The molecule has 3 heteroatoms. The fourth-order valence-corrected chi connectivity index (χ4v) is 2.43. The summed E-state index contributed by atoms with van der Waals surface area (Å²) in [6.07, 6.45) is 0. The number of halogens is 1. The van der Waals surface area contributed by atoms with Crippen LogP contribution in [-0.2, 0) is 0 Å². The molecular weight excluding hydrogens is 270 g/mol. The van der Waals surface area contributed by atoms with E-state index in [1.165, 1.54) is 5.56 Å². The Kier molecular flexibility index (Phi) is 5.05. The van der Waals surface area contributed by atoms with Crippen molar-refractivity contribution in [3.8, 4) is 5.75 Å². The van der Waals surface area contributed by atoms with E-state index in [1.54, 1.807) is 7.11 Å². The van der Waals surface area contributed by atoms with Gasteiger partial charge in [-0.3, -0.25) is 0 Å². The number of ether oxygens (including phenoxy) is 1. The molecule has 0 fully saturated rings. The molecule has 0 radical (unpaired) electrons. The van der Waals surface area contributed by atoms with Crippen molar-refractivity contribution in [2.75, 3.05) is 13.7 Å². The van der Waals surface area contributed by atoms with Gasteiger partial charge in [-0.1, -0.05) is 42.8 Å². The van der Waals surface area contributed by atoms with Gasteiger partial charge in [0, 0.05) is 5.02 Å². The van der Waals surface area contributed by atoms with E-state index in [0.29, 0.717) is 0 Å². The zero-order valence-electron chi connectivity index (χ0n) is 12.1. The molecule has 0 spiro atoms. The fraction of sp³-hybridized carbons (Fsp3) is 0.294. The van der Waals surface area contributed by atoms with Crippen molar-refractivity contribution in [2.45, 2.75) is 19.9 Å². The van der Waals surface area contributed by atoms with Gasteiger partial charge in [0.15, 0.2) is 0 Å². The minimum absolute atomic E-state index is 0.119. The predicted octanol–water partition coefficient (Wildman–Crippen LogP) is 4.36. The molecule has 0 heterocycles. The summed E-state index contributed by atoms with van der Waals surface area (Å²) in [6, 6.07) is 14.4. The van der Waals surface area contributed by atoms with Crippen LogP contribution in [0.4, 0.5) is 0 Å². The monoisotopic (exact) mass is 289 g/mol. The molecular formula is C17H20ClNO. The van der Waals surface area contributed by atoms with Crippen LogP contribution in [-0.4, -0.2) is 13.7 Å².